The number of nitrogen functional groups attached to an aromatic ring is 1. The molecule has 2 aliphatic heterocycles. The van der Waals surface area contributed by atoms with Crippen LogP contribution in [0, 0.1) is 22.7 Å². The second kappa shape index (κ2) is 24.1. The van der Waals surface area contributed by atoms with Crippen LogP contribution in [0.25, 0.3) is 0 Å². The molecule has 17 nitrogen and oxygen atoms in total. The molecule has 3 aromatic rings. The maximum atomic E-state index is 14.5. The molecule has 384 valence electrons. The van der Waals surface area contributed by atoms with Crippen LogP contribution >= 0.6 is 0 Å². The average Bonchev–Trinajstić information content (AvgIpc) is 3.96. The zero-order chi connectivity index (χ0) is 52.4. The second-order valence-electron chi connectivity index (χ2n) is 21.4. The number of nitrogens with two attached hydrogens (primary N) is 1. The Balaban J connectivity index is 1.35. The molecule has 6 amide bonds. The number of hydrogen-bond donors (Lipinski definition) is 7. The Morgan fingerprint density at radius 2 is 0.930 bits per heavy atom. The van der Waals surface area contributed by atoms with Crippen molar-refractivity contribution in [2.24, 2.45) is 22.7 Å². The topological polar surface area (TPSA) is 241 Å². The molecule has 2 aliphatic rings. The zero-order valence-electron chi connectivity index (χ0n) is 43.0. The number of carbonyl (C=O) groups excluding carboxylic acids is 8. The van der Waals surface area contributed by atoms with Crippen molar-refractivity contribution in [1.82, 2.24) is 41.7 Å². The van der Waals surface area contributed by atoms with Crippen LogP contribution in [0.15, 0.2) is 78.9 Å². The molecule has 17 heteroatoms. The molecular formula is C54H75N9O8. The number of nitrogens with one attached hydrogen (secondary N) is 6. The molecule has 5 rings (SSSR count). The Kier molecular flexibility index (Phi) is 18.8. The van der Waals surface area contributed by atoms with Crippen molar-refractivity contribution in [3.63, 3.8) is 0 Å². The minimum absolute atomic E-state index is 0.0648. The highest BCUT2D eigenvalue weighted by Crippen LogP contribution is 2.34. The number of hydrogen-bond acceptors (Lipinski definition) is 11. The standard InChI is InChI=1S/C54H75N9O8/c1-32(56-9)47(66)60-45(53(3,4)5)51(70)62-30-36(21-41(62)49(68)58-28-34-17-13-11-14-18-34)23-43(64)38-25-39(27-40(55)26-38)44(65)24-37-22-42(50(69)59-29-35-19-15-12-16-20-35)63(31-37)52(71)46(54(6,7)8)61-48(67)33(2)57-10/h11-20,25-27,32-33,36-37,41-42,45-46,56-57H,21-24,28-31,55H2,1-10H3,(H,58,68)(H,59,69)(H,60,66)(H,61,67)/t32-,33-,36+,37+,41-,42-,45+,46+/m0/s1. The third-order valence-electron chi connectivity index (χ3n) is 13.6. The average molecular weight is 978 g/mol. The number of amides is 6. The van der Waals surface area contributed by atoms with Gasteiger partial charge in [-0.1, -0.05) is 102 Å². The highest BCUT2D eigenvalue weighted by molar-refractivity contribution is 6.03. The van der Waals surface area contributed by atoms with E-state index >= 15 is 0 Å². The predicted octanol–water partition coefficient (Wildman–Crippen LogP) is 3.76. The van der Waals surface area contributed by atoms with Gasteiger partial charge in [-0.2, -0.15) is 0 Å². The summed E-state index contributed by atoms with van der Waals surface area (Å²) in [6, 6.07) is 18.2. The van der Waals surface area contributed by atoms with Crippen molar-refractivity contribution in [2.75, 3.05) is 32.9 Å². The fraction of sp³-hybridized carbons (Fsp3) is 0.519. The number of Topliss-reactive ketones (excluding diaryl/α,β-unsaturated/α-hetero) is 2. The van der Waals surface area contributed by atoms with E-state index in [2.05, 4.69) is 31.9 Å². The first-order chi connectivity index (χ1) is 33.4. The smallest absolute Gasteiger partial charge is 0.246 e. The Morgan fingerprint density at radius 1 is 0.577 bits per heavy atom. The quantitative estimate of drug-likeness (QED) is 0.0636. The molecule has 0 radical (unpaired) electrons. The summed E-state index contributed by atoms with van der Waals surface area (Å²) in [5.41, 5.74) is 7.18. The number of carbonyl (C=O) groups is 8. The second-order valence-corrected chi connectivity index (χ2v) is 21.4. The maximum absolute atomic E-state index is 14.5. The third-order valence-corrected chi connectivity index (χ3v) is 13.6. The molecule has 8 N–H and O–H groups in total. The normalized spacial score (nSPS) is 19.7. The van der Waals surface area contributed by atoms with Crippen molar-refractivity contribution >= 4 is 52.7 Å². The van der Waals surface area contributed by atoms with E-state index in [9.17, 15) is 38.4 Å². The molecule has 0 saturated carbocycles. The van der Waals surface area contributed by atoms with Crippen LogP contribution in [0.4, 0.5) is 5.69 Å². The molecule has 71 heavy (non-hydrogen) atoms. The van der Waals surface area contributed by atoms with Gasteiger partial charge in [0.1, 0.15) is 24.2 Å². The number of benzene rings is 3. The Bertz CT molecular complexity index is 2240. The molecule has 0 unspecified atom stereocenters. The van der Waals surface area contributed by atoms with Gasteiger partial charge in [-0.05, 0) is 92.8 Å². The van der Waals surface area contributed by atoms with Gasteiger partial charge in [0.15, 0.2) is 11.6 Å². The van der Waals surface area contributed by atoms with Crippen molar-refractivity contribution in [3.05, 3.63) is 101 Å². The first-order valence-electron chi connectivity index (χ1n) is 24.6. The summed E-state index contributed by atoms with van der Waals surface area (Å²) < 4.78 is 0. The van der Waals surface area contributed by atoms with Gasteiger partial charge in [-0.3, -0.25) is 38.4 Å². The number of likely N-dealkylation sites (tertiary alicyclic amines) is 2. The summed E-state index contributed by atoms with van der Waals surface area (Å²) in [7, 11) is 3.29. The summed E-state index contributed by atoms with van der Waals surface area (Å²) >= 11 is 0. The minimum Gasteiger partial charge on any atom is -0.399 e. The largest absolute Gasteiger partial charge is 0.399 e. The van der Waals surface area contributed by atoms with Crippen LogP contribution in [-0.2, 0) is 41.9 Å². The van der Waals surface area contributed by atoms with E-state index in [0.717, 1.165) is 11.1 Å². The molecule has 0 aliphatic carbocycles. The van der Waals surface area contributed by atoms with Crippen LogP contribution in [0.5, 0.6) is 0 Å². The van der Waals surface area contributed by atoms with E-state index in [0.29, 0.717) is 0 Å². The van der Waals surface area contributed by atoms with Crippen molar-refractivity contribution in [3.8, 4) is 0 Å². The Labute approximate surface area is 418 Å². The summed E-state index contributed by atoms with van der Waals surface area (Å²) in [4.78, 5) is 114. The molecule has 2 fully saturated rings. The summed E-state index contributed by atoms with van der Waals surface area (Å²) in [5.74, 6) is -3.99. The molecule has 8 atom stereocenters. The van der Waals surface area contributed by atoms with E-state index in [4.69, 9.17) is 5.73 Å². The summed E-state index contributed by atoms with van der Waals surface area (Å²) in [5, 5.41) is 17.5. The minimum atomic E-state index is -0.982. The van der Waals surface area contributed by atoms with E-state index in [-0.39, 0.29) is 104 Å². The Hall–Kier alpha value is -6.46. The lowest BCUT2D eigenvalue weighted by atomic mass is 9.85. The van der Waals surface area contributed by atoms with E-state index in [1.807, 2.05) is 102 Å². The summed E-state index contributed by atoms with van der Waals surface area (Å²) in [6.07, 6.45) is 0.222. The fourth-order valence-corrected chi connectivity index (χ4v) is 9.09. The van der Waals surface area contributed by atoms with Gasteiger partial charge in [0, 0.05) is 55.8 Å². The van der Waals surface area contributed by atoms with Gasteiger partial charge in [0.25, 0.3) is 0 Å². The number of anilines is 1. The van der Waals surface area contributed by atoms with Gasteiger partial charge >= 0.3 is 0 Å². The third kappa shape index (κ3) is 14.8. The highest BCUT2D eigenvalue weighted by atomic mass is 16.2. The molecule has 0 aromatic heterocycles. The van der Waals surface area contributed by atoms with Gasteiger partial charge in [0.2, 0.25) is 35.4 Å². The lowest BCUT2D eigenvalue weighted by Crippen LogP contribution is -2.59. The van der Waals surface area contributed by atoms with E-state index in [1.165, 1.54) is 28.0 Å². The predicted molar refractivity (Wildman–Crippen MR) is 272 cm³/mol. The molecule has 0 bridgehead atoms. The summed E-state index contributed by atoms with van der Waals surface area (Å²) in [6.45, 7) is 15.0. The number of nitrogens with zero attached hydrogens (tertiary/aromatic N) is 2. The van der Waals surface area contributed by atoms with Crippen LogP contribution in [0.3, 0.4) is 0 Å². The van der Waals surface area contributed by atoms with E-state index < -0.39 is 70.7 Å². The van der Waals surface area contributed by atoms with Crippen LogP contribution < -0.4 is 37.6 Å². The molecular weight excluding hydrogens is 903 g/mol. The highest BCUT2D eigenvalue weighted by Gasteiger charge is 2.47. The number of rotatable bonds is 20. The Morgan fingerprint density at radius 3 is 1.25 bits per heavy atom. The van der Waals surface area contributed by atoms with E-state index in [1.54, 1.807) is 27.9 Å². The molecule has 2 saturated heterocycles. The zero-order valence-corrected chi connectivity index (χ0v) is 43.0. The van der Waals surface area contributed by atoms with Gasteiger partial charge in [0.05, 0.1) is 12.1 Å². The van der Waals surface area contributed by atoms with Gasteiger partial charge in [-0.25, -0.2) is 0 Å². The van der Waals surface area contributed by atoms with Gasteiger partial charge in [-0.15, -0.1) is 0 Å². The van der Waals surface area contributed by atoms with Crippen LogP contribution in [0.1, 0.15) is 113 Å². The van der Waals surface area contributed by atoms with Crippen LogP contribution in [0.2, 0.25) is 0 Å². The van der Waals surface area contributed by atoms with Crippen molar-refractivity contribution in [1.29, 1.82) is 0 Å². The van der Waals surface area contributed by atoms with Crippen LogP contribution in [-0.4, -0.2) is 120 Å². The van der Waals surface area contributed by atoms with Gasteiger partial charge < -0.3 is 47.4 Å². The first-order valence-corrected chi connectivity index (χ1v) is 24.6. The molecule has 2 heterocycles. The lowest BCUT2D eigenvalue weighted by Gasteiger charge is -2.36. The molecule has 3 aromatic carbocycles. The lowest BCUT2D eigenvalue weighted by molar-refractivity contribution is -0.144. The molecule has 0 spiro atoms. The fourth-order valence-electron chi connectivity index (χ4n) is 9.09. The maximum Gasteiger partial charge on any atom is 0.246 e. The first kappa shape index (κ1) is 55.5. The van der Waals surface area contributed by atoms with Crippen molar-refractivity contribution < 1.29 is 38.4 Å². The number of likely N-dealkylation sites (N-methyl/N-ethyl adjacent to an activating group) is 2. The number of ketones is 2. The van der Waals surface area contributed by atoms with Crippen molar-refractivity contribution in [2.45, 2.75) is 130 Å². The monoisotopic (exact) mass is 978 g/mol. The SMILES string of the molecule is CN[C@@H](C)C(=O)N[C@H](C(=O)N1C[C@@H](CC(=O)c2cc(N)cc(C(=O)C[C@H]3C[C@@H](C(=O)NCc4ccccc4)N(C(=O)[C@@H](NC(=O)[C@H](C)NC)C(C)(C)C)C3)c2)C[C@H]1C(=O)NCc1ccccc1)C(C)(C)C.